The van der Waals surface area contributed by atoms with Gasteiger partial charge in [-0.15, -0.1) is 0 Å². The van der Waals surface area contributed by atoms with E-state index in [-0.39, 0.29) is 11.6 Å². The van der Waals surface area contributed by atoms with Crippen molar-refractivity contribution in [1.82, 2.24) is 4.90 Å². The number of benzene rings is 1. The van der Waals surface area contributed by atoms with Gasteiger partial charge in [-0.2, -0.15) is 0 Å². The summed E-state index contributed by atoms with van der Waals surface area (Å²) in [6.07, 6.45) is 0. The molecule has 1 aliphatic rings. The van der Waals surface area contributed by atoms with Crippen LogP contribution in [-0.2, 0) is 0 Å². The number of aromatic carboxylic acids is 1. The number of rotatable bonds is 3. The summed E-state index contributed by atoms with van der Waals surface area (Å²) in [5, 5.41) is 8.98. The number of anilines is 1. The highest BCUT2D eigenvalue weighted by atomic mass is 16.5. The Morgan fingerprint density at radius 3 is 2.61 bits per heavy atom. The second-order valence-corrected chi connectivity index (χ2v) is 4.05. The normalized spacial score (nSPS) is 15.1. The molecule has 0 spiro atoms. The van der Waals surface area contributed by atoms with E-state index in [1.54, 1.807) is 18.0 Å². The fourth-order valence-electron chi connectivity index (χ4n) is 1.90. The van der Waals surface area contributed by atoms with Crippen LogP contribution in [0.4, 0.5) is 10.5 Å². The molecule has 0 unspecified atom stereocenters. The van der Waals surface area contributed by atoms with Crippen molar-refractivity contribution in [2.75, 3.05) is 32.1 Å². The molecule has 18 heavy (non-hydrogen) atoms. The quantitative estimate of drug-likeness (QED) is 0.876. The summed E-state index contributed by atoms with van der Waals surface area (Å²) in [4.78, 5) is 26.0. The summed E-state index contributed by atoms with van der Waals surface area (Å²) in [5.41, 5.74) is 0.625. The van der Waals surface area contributed by atoms with Crippen molar-refractivity contribution in [1.29, 1.82) is 0 Å². The van der Waals surface area contributed by atoms with Crippen LogP contribution in [0, 0.1) is 0 Å². The second-order valence-electron chi connectivity index (χ2n) is 4.05. The molecule has 1 heterocycles. The van der Waals surface area contributed by atoms with E-state index in [2.05, 4.69) is 0 Å². The first-order valence-electron chi connectivity index (χ1n) is 5.48. The Morgan fingerprint density at radius 1 is 1.39 bits per heavy atom. The standard InChI is InChI=1S/C12H14N2O4/c1-13-5-6-14(12(13)17)9-7-8(11(15)16)3-4-10(9)18-2/h3-4,7H,5-6H2,1-2H3,(H,15,16). The molecule has 0 aliphatic carbocycles. The largest absolute Gasteiger partial charge is 0.495 e. The Hall–Kier alpha value is -2.24. The van der Waals surface area contributed by atoms with Crippen LogP contribution >= 0.6 is 0 Å². The van der Waals surface area contributed by atoms with Crippen LogP contribution in [0.2, 0.25) is 0 Å². The number of nitrogens with zero attached hydrogens (tertiary/aromatic N) is 2. The molecule has 0 bridgehead atoms. The molecular formula is C12H14N2O4. The molecule has 0 saturated carbocycles. The van der Waals surface area contributed by atoms with E-state index in [1.165, 1.54) is 24.1 Å². The molecule has 1 N–H and O–H groups in total. The molecule has 6 nitrogen and oxygen atoms in total. The minimum atomic E-state index is -1.03. The number of carbonyl (C=O) groups excluding carboxylic acids is 1. The molecule has 1 aliphatic heterocycles. The van der Waals surface area contributed by atoms with Crippen molar-refractivity contribution < 1.29 is 19.4 Å². The van der Waals surface area contributed by atoms with Gasteiger partial charge in [-0.1, -0.05) is 0 Å². The van der Waals surface area contributed by atoms with E-state index >= 15 is 0 Å². The van der Waals surface area contributed by atoms with Crippen LogP contribution in [0.3, 0.4) is 0 Å². The minimum absolute atomic E-state index is 0.133. The number of carbonyl (C=O) groups is 2. The van der Waals surface area contributed by atoms with Crippen LogP contribution in [0.5, 0.6) is 5.75 Å². The summed E-state index contributed by atoms with van der Waals surface area (Å²) in [5.74, 6) is -0.539. The predicted octanol–water partition coefficient (Wildman–Crippen LogP) is 1.27. The van der Waals surface area contributed by atoms with Crippen LogP contribution in [0.15, 0.2) is 18.2 Å². The summed E-state index contributed by atoms with van der Waals surface area (Å²) in [6, 6.07) is 4.31. The van der Waals surface area contributed by atoms with Crippen LogP contribution in [0.1, 0.15) is 10.4 Å². The van der Waals surface area contributed by atoms with Gasteiger partial charge in [0.1, 0.15) is 5.75 Å². The lowest BCUT2D eigenvalue weighted by molar-refractivity contribution is 0.0697. The Kier molecular flexibility index (Phi) is 3.10. The summed E-state index contributed by atoms with van der Waals surface area (Å²) < 4.78 is 5.17. The zero-order valence-corrected chi connectivity index (χ0v) is 10.2. The molecule has 96 valence electrons. The number of methoxy groups -OCH3 is 1. The first-order valence-corrected chi connectivity index (χ1v) is 5.48. The maximum atomic E-state index is 11.9. The van der Waals surface area contributed by atoms with Crippen molar-refractivity contribution in [3.63, 3.8) is 0 Å². The zero-order chi connectivity index (χ0) is 13.3. The molecule has 1 aromatic carbocycles. The average Bonchev–Trinajstić information content (AvgIpc) is 2.69. The smallest absolute Gasteiger partial charge is 0.335 e. The van der Waals surface area contributed by atoms with Gasteiger partial charge in [0.15, 0.2) is 0 Å². The van der Waals surface area contributed by atoms with Gasteiger partial charge in [-0.05, 0) is 18.2 Å². The van der Waals surface area contributed by atoms with Crippen molar-refractivity contribution in [3.8, 4) is 5.75 Å². The number of amides is 2. The fraction of sp³-hybridized carbons (Fsp3) is 0.333. The molecular weight excluding hydrogens is 236 g/mol. The third kappa shape index (κ3) is 1.97. The van der Waals surface area contributed by atoms with Gasteiger partial charge in [0.2, 0.25) is 0 Å². The lowest BCUT2D eigenvalue weighted by atomic mass is 10.1. The number of likely N-dealkylation sites (N-methyl/N-ethyl adjacent to an activating group) is 1. The van der Waals surface area contributed by atoms with Crippen LogP contribution < -0.4 is 9.64 Å². The first-order chi connectivity index (χ1) is 8.54. The predicted molar refractivity (Wildman–Crippen MR) is 65.3 cm³/mol. The molecule has 0 radical (unpaired) electrons. The van der Waals surface area contributed by atoms with Crippen molar-refractivity contribution in [3.05, 3.63) is 23.8 Å². The molecule has 0 atom stereocenters. The average molecular weight is 250 g/mol. The maximum absolute atomic E-state index is 11.9. The SMILES string of the molecule is COc1ccc(C(=O)O)cc1N1CCN(C)C1=O. The van der Waals surface area contributed by atoms with E-state index in [4.69, 9.17) is 9.84 Å². The number of carboxylic acids is 1. The highest BCUT2D eigenvalue weighted by molar-refractivity contribution is 5.97. The van der Waals surface area contributed by atoms with Crippen molar-refractivity contribution in [2.45, 2.75) is 0 Å². The van der Waals surface area contributed by atoms with E-state index in [0.29, 0.717) is 24.5 Å². The number of carboxylic acid groups (broad SMARTS) is 1. The third-order valence-corrected chi connectivity index (χ3v) is 2.93. The number of hydrogen-bond acceptors (Lipinski definition) is 3. The van der Waals surface area contributed by atoms with E-state index in [0.717, 1.165) is 0 Å². The summed E-state index contributed by atoms with van der Waals surface area (Å²) in [6.45, 7) is 1.13. The summed E-state index contributed by atoms with van der Waals surface area (Å²) >= 11 is 0. The number of ether oxygens (including phenoxy) is 1. The first kappa shape index (κ1) is 12.2. The number of urea groups is 1. The zero-order valence-electron chi connectivity index (χ0n) is 10.2. The van der Waals surface area contributed by atoms with Gasteiger partial charge in [0, 0.05) is 20.1 Å². The Bertz CT molecular complexity index is 501. The van der Waals surface area contributed by atoms with Gasteiger partial charge < -0.3 is 14.7 Å². The minimum Gasteiger partial charge on any atom is -0.495 e. The maximum Gasteiger partial charge on any atom is 0.335 e. The number of hydrogen-bond donors (Lipinski definition) is 1. The lowest BCUT2D eigenvalue weighted by Gasteiger charge is -2.19. The van der Waals surface area contributed by atoms with Gasteiger partial charge in [0.25, 0.3) is 0 Å². The van der Waals surface area contributed by atoms with Crippen LogP contribution in [0.25, 0.3) is 0 Å². The van der Waals surface area contributed by atoms with Gasteiger partial charge >= 0.3 is 12.0 Å². The Labute approximate surface area is 104 Å². The van der Waals surface area contributed by atoms with Gasteiger partial charge in [-0.3, -0.25) is 4.90 Å². The van der Waals surface area contributed by atoms with Gasteiger partial charge in [-0.25, -0.2) is 9.59 Å². The van der Waals surface area contributed by atoms with E-state index < -0.39 is 5.97 Å². The topological polar surface area (TPSA) is 70.1 Å². The highest BCUT2D eigenvalue weighted by Crippen LogP contribution is 2.31. The van der Waals surface area contributed by atoms with Crippen LogP contribution in [-0.4, -0.2) is 49.3 Å². The third-order valence-electron chi connectivity index (χ3n) is 2.93. The lowest BCUT2D eigenvalue weighted by Crippen LogP contribution is -2.29. The molecule has 1 fully saturated rings. The molecule has 0 aromatic heterocycles. The monoisotopic (exact) mass is 250 g/mol. The van der Waals surface area contributed by atoms with Crippen molar-refractivity contribution in [2.24, 2.45) is 0 Å². The van der Waals surface area contributed by atoms with Gasteiger partial charge in [0.05, 0.1) is 18.4 Å². The summed E-state index contributed by atoms with van der Waals surface area (Å²) in [7, 11) is 3.19. The van der Waals surface area contributed by atoms with E-state index in [9.17, 15) is 9.59 Å². The molecule has 2 rings (SSSR count). The van der Waals surface area contributed by atoms with Crippen molar-refractivity contribution >= 4 is 17.7 Å². The molecule has 1 aromatic rings. The Morgan fingerprint density at radius 2 is 2.11 bits per heavy atom. The molecule has 6 heteroatoms. The second kappa shape index (κ2) is 4.56. The Balaban J connectivity index is 2.44. The fourth-order valence-corrected chi connectivity index (χ4v) is 1.90. The highest BCUT2D eigenvalue weighted by Gasteiger charge is 2.29. The molecule has 2 amide bonds. The van der Waals surface area contributed by atoms with E-state index in [1.807, 2.05) is 0 Å². The molecule has 1 saturated heterocycles.